The maximum atomic E-state index is 15.1. The zero-order valence-corrected chi connectivity index (χ0v) is 24.3. The van der Waals surface area contributed by atoms with Crippen molar-refractivity contribution in [2.24, 2.45) is 0 Å². The molecule has 5 rings (SSSR count). The second-order valence-corrected chi connectivity index (χ2v) is 12.9. The van der Waals surface area contributed by atoms with Crippen LogP contribution in [0.25, 0.3) is 22.0 Å². The summed E-state index contributed by atoms with van der Waals surface area (Å²) in [4.78, 5) is 18.8. The number of ether oxygens (including phenoxy) is 1. The number of hydrogen-bond donors (Lipinski definition) is 3. The number of anilines is 1. The van der Waals surface area contributed by atoms with Gasteiger partial charge in [-0.3, -0.25) is 14.4 Å². The second kappa shape index (κ2) is 11.6. The molecule has 0 atom stereocenters. The van der Waals surface area contributed by atoms with Crippen molar-refractivity contribution < 1.29 is 22.3 Å². The highest BCUT2D eigenvalue weighted by Gasteiger charge is 2.23. The molecule has 1 aliphatic rings. The third kappa shape index (κ3) is 6.45. The van der Waals surface area contributed by atoms with Gasteiger partial charge in [-0.05, 0) is 47.4 Å². The molecule has 2 heterocycles. The van der Waals surface area contributed by atoms with Gasteiger partial charge in [0, 0.05) is 53.9 Å². The number of rotatable bonds is 8. The molecule has 1 saturated heterocycles. The Hall–Kier alpha value is -3.73. The maximum absolute atomic E-state index is 15.1. The molecule has 3 aromatic carbocycles. The number of nitrogens with zero attached hydrogens (tertiary/aromatic N) is 1. The van der Waals surface area contributed by atoms with E-state index in [1.165, 1.54) is 6.07 Å². The van der Waals surface area contributed by atoms with Crippen LogP contribution >= 0.6 is 0 Å². The summed E-state index contributed by atoms with van der Waals surface area (Å²) >= 11 is 0. The molecular weight excluding hydrogens is 543 g/mol. The number of nitrogens with one attached hydrogen (secondary N) is 3. The van der Waals surface area contributed by atoms with Crippen molar-refractivity contribution >= 4 is 32.5 Å². The SMILES string of the molecule is CC(C)(C)c1ccc(S(=O)(=O)Nc2ccc3[nH]c(C(=O)NCCN4CCOCC4)c(-c4ccccc4F)c3c2)cc1. The Morgan fingerprint density at radius 1 is 1.02 bits per heavy atom. The molecule has 1 aromatic heterocycles. The zero-order chi connectivity index (χ0) is 29.2. The van der Waals surface area contributed by atoms with E-state index >= 15 is 4.39 Å². The van der Waals surface area contributed by atoms with Gasteiger partial charge in [-0.15, -0.1) is 0 Å². The van der Waals surface area contributed by atoms with Crippen LogP contribution in [-0.4, -0.2) is 63.6 Å². The molecule has 4 aromatic rings. The van der Waals surface area contributed by atoms with Gasteiger partial charge in [0.1, 0.15) is 11.5 Å². The molecule has 8 nitrogen and oxygen atoms in total. The number of benzene rings is 3. The van der Waals surface area contributed by atoms with Crippen molar-refractivity contribution in [3.63, 3.8) is 0 Å². The van der Waals surface area contributed by atoms with Gasteiger partial charge < -0.3 is 15.0 Å². The van der Waals surface area contributed by atoms with Gasteiger partial charge in [0.15, 0.2) is 0 Å². The number of fused-ring (bicyclic) bond motifs is 1. The van der Waals surface area contributed by atoms with Gasteiger partial charge in [0.2, 0.25) is 0 Å². The van der Waals surface area contributed by atoms with E-state index in [1.54, 1.807) is 48.5 Å². The van der Waals surface area contributed by atoms with E-state index in [0.29, 0.717) is 48.5 Å². The number of aromatic amines is 1. The van der Waals surface area contributed by atoms with Crippen molar-refractivity contribution in [2.75, 3.05) is 44.1 Å². The van der Waals surface area contributed by atoms with Gasteiger partial charge in [-0.25, -0.2) is 12.8 Å². The predicted molar refractivity (Wildman–Crippen MR) is 159 cm³/mol. The largest absolute Gasteiger partial charge is 0.379 e. The summed E-state index contributed by atoms with van der Waals surface area (Å²) in [5.41, 5.74) is 2.63. The maximum Gasteiger partial charge on any atom is 0.268 e. The lowest BCUT2D eigenvalue weighted by Gasteiger charge is -2.26. The number of halogens is 1. The molecule has 1 aliphatic heterocycles. The van der Waals surface area contributed by atoms with Crippen LogP contribution < -0.4 is 10.0 Å². The van der Waals surface area contributed by atoms with Crippen molar-refractivity contribution in [3.8, 4) is 11.1 Å². The van der Waals surface area contributed by atoms with Gasteiger partial charge in [0.05, 0.1) is 18.1 Å². The van der Waals surface area contributed by atoms with E-state index in [4.69, 9.17) is 4.74 Å². The molecule has 0 bridgehead atoms. The summed E-state index contributed by atoms with van der Waals surface area (Å²) < 4.78 is 49.5. The molecule has 0 saturated carbocycles. The van der Waals surface area contributed by atoms with E-state index in [9.17, 15) is 13.2 Å². The lowest BCUT2D eigenvalue weighted by Crippen LogP contribution is -2.41. The van der Waals surface area contributed by atoms with E-state index in [-0.39, 0.29) is 27.5 Å². The molecule has 0 radical (unpaired) electrons. The molecule has 1 amide bonds. The number of sulfonamides is 1. The van der Waals surface area contributed by atoms with Gasteiger partial charge in [-0.2, -0.15) is 0 Å². The van der Waals surface area contributed by atoms with Crippen LogP contribution in [0.4, 0.5) is 10.1 Å². The summed E-state index contributed by atoms with van der Waals surface area (Å²) in [6, 6.07) is 17.9. The zero-order valence-electron chi connectivity index (χ0n) is 23.5. The first-order chi connectivity index (χ1) is 19.5. The minimum atomic E-state index is -3.89. The van der Waals surface area contributed by atoms with Crippen LogP contribution in [0, 0.1) is 5.82 Å². The normalized spacial score (nSPS) is 14.7. The second-order valence-electron chi connectivity index (χ2n) is 11.2. The highest BCUT2D eigenvalue weighted by atomic mass is 32.2. The van der Waals surface area contributed by atoms with Crippen LogP contribution in [0.15, 0.2) is 71.6 Å². The molecular formula is C31H35FN4O4S. The van der Waals surface area contributed by atoms with Crippen molar-refractivity contribution in [2.45, 2.75) is 31.1 Å². The van der Waals surface area contributed by atoms with Gasteiger partial charge in [-0.1, -0.05) is 51.1 Å². The Kier molecular flexibility index (Phi) is 8.17. The first kappa shape index (κ1) is 28.8. The number of carbonyl (C=O) groups is 1. The molecule has 0 aliphatic carbocycles. The average molecular weight is 579 g/mol. The number of H-pyrrole nitrogens is 1. The topological polar surface area (TPSA) is 104 Å². The van der Waals surface area contributed by atoms with Crippen molar-refractivity contribution in [1.29, 1.82) is 0 Å². The molecule has 10 heteroatoms. The smallest absolute Gasteiger partial charge is 0.268 e. The Balaban J connectivity index is 1.45. The first-order valence-corrected chi connectivity index (χ1v) is 15.1. The minimum Gasteiger partial charge on any atom is -0.379 e. The molecule has 1 fully saturated rings. The van der Waals surface area contributed by atoms with Crippen molar-refractivity contribution in [3.05, 3.63) is 83.8 Å². The fourth-order valence-electron chi connectivity index (χ4n) is 4.96. The van der Waals surface area contributed by atoms with Gasteiger partial charge in [0.25, 0.3) is 15.9 Å². The van der Waals surface area contributed by atoms with Crippen LogP contribution in [0.2, 0.25) is 0 Å². The van der Waals surface area contributed by atoms with Crippen molar-refractivity contribution in [1.82, 2.24) is 15.2 Å². The molecule has 0 unspecified atom stereocenters. The number of hydrogen-bond acceptors (Lipinski definition) is 5. The quantitative estimate of drug-likeness (QED) is 0.269. The fraction of sp³-hybridized carbons (Fsp3) is 0.323. The summed E-state index contributed by atoms with van der Waals surface area (Å²) in [5.74, 6) is -0.852. The number of amides is 1. The molecule has 3 N–H and O–H groups in total. The Morgan fingerprint density at radius 3 is 2.41 bits per heavy atom. The summed E-state index contributed by atoms with van der Waals surface area (Å²) in [6.07, 6.45) is 0. The van der Waals surface area contributed by atoms with Crippen LogP contribution in [0.3, 0.4) is 0 Å². The highest BCUT2D eigenvalue weighted by Crippen LogP contribution is 2.36. The fourth-order valence-corrected chi connectivity index (χ4v) is 6.01. The Labute approximate surface area is 240 Å². The van der Waals surface area contributed by atoms with E-state index in [2.05, 4.69) is 40.7 Å². The lowest BCUT2D eigenvalue weighted by molar-refractivity contribution is 0.0383. The summed E-state index contributed by atoms with van der Waals surface area (Å²) in [7, 11) is -3.89. The third-order valence-corrected chi connectivity index (χ3v) is 8.67. The van der Waals surface area contributed by atoms with E-state index in [0.717, 1.165) is 18.7 Å². The summed E-state index contributed by atoms with van der Waals surface area (Å²) in [6.45, 7) is 10.2. The minimum absolute atomic E-state index is 0.106. The third-order valence-electron chi connectivity index (χ3n) is 7.27. The summed E-state index contributed by atoms with van der Waals surface area (Å²) in [5, 5.41) is 3.46. The first-order valence-electron chi connectivity index (χ1n) is 13.7. The Bertz CT molecular complexity index is 1650. The highest BCUT2D eigenvalue weighted by molar-refractivity contribution is 7.92. The van der Waals surface area contributed by atoms with E-state index in [1.807, 2.05) is 12.1 Å². The lowest BCUT2D eigenvalue weighted by atomic mass is 9.87. The van der Waals surface area contributed by atoms with E-state index < -0.39 is 15.8 Å². The number of carbonyl (C=O) groups excluding carboxylic acids is 1. The predicted octanol–water partition coefficient (Wildman–Crippen LogP) is 5.13. The van der Waals surface area contributed by atoms with Crippen LogP contribution in [0.5, 0.6) is 0 Å². The number of morpholine rings is 1. The van der Waals surface area contributed by atoms with Crippen LogP contribution in [-0.2, 0) is 20.2 Å². The average Bonchev–Trinajstić information content (AvgIpc) is 3.32. The molecule has 0 spiro atoms. The number of aromatic nitrogens is 1. The standard InChI is InChI=1S/C31H35FN4O4S/c1-31(2,3)21-8-11-23(12-9-21)41(38,39)35-22-10-13-27-25(20-22)28(24-6-4-5-7-26(24)32)29(34-27)30(37)33-14-15-36-16-18-40-19-17-36/h4-13,20,34-35H,14-19H2,1-3H3,(H,33,37). The molecule has 41 heavy (non-hydrogen) atoms. The van der Waals surface area contributed by atoms with Gasteiger partial charge >= 0.3 is 0 Å². The Morgan fingerprint density at radius 2 is 1.73 bits per heavy atom. The monoisotopic (exact) mass is 578 g/mol. The van der Waals surface area contributed by atoms with Crippen LogP contribution in [0.1, 0.15) is 36.8 Å². The molecule has 216 valence electrons.